The van der Waals surface area contributed by atoms with Crippen LogP contribution in [-0.4, -0.2) is 49.7 Å². The molecule has 0 saturated carbocycles. The van der Waals surface area contributed by atoms with E-state index in [4.69, 9.17) is 4.74 Å². The lowest BCUT2D eigenvalue weighted by atomic mass is 10.2. The minimum Gasteiger partial charge on any atom is -0.383 e. The first-order valence-corrected chi connectivity index (χ1v) is 7.22. The van der Waals surface area contributed by atoms with E-state index in [0.717, 1.165) is 32.4 Å². The topological polar surface area (TPSA) is 41.6 Å². The highest BCUT2D eigenvalue weighted by Gasteiger charge is 2.22. The number of hydrogen-bond acceptors (Lipinski definition) is 3. The first kappa shape index (κ1) is 15.4. The Labute approximate surface area is 111 Å². The van der Waals surface area contributed by atoms with Gasteiger partial charge in [-0.25, -0.2) is 0 Å². The minimum atomic E-state index is -0.108. The first-order chi connectivity index (χ1) is 8.69. The largest absolute Gasteiger partial charge is 0.383 e. The molecular formula is C14H28N2O2. The fraction of sp³-hybridized carbons (Fsp3) is 0.929. The molecule has 1 aliphatic rings. The Morgan fingerprint density at radius 3 is 2.39 bits per heavy atom. The molecule has 106 valence electrons. The lowest BCUT2D eigenvalue weighted by molar-refractivity contribution is -0.133. The number of nitrogens with one attached hydrogen (secondary N) is 1. The quantitative estimate of drug-likeness (QED) is 0.788. The minimum absolute atomic E-state index is 0.108. The highest BCUT2D eigenvalue weighted by molar-refractivity contribution is 5.81. The van der Waals surface area contributed by atoms with Crippen molar-refractivity contribution in [3.05, 3.63) is 0 Å². The maximum absolute atomic E-state index is 12.3. The van der Waals surface area contributed by atoms with Crippen LogP contribution >= 0.6 is 0 Å². The summed E-state index contributed by atoms with van der Waals surface area (Å²) in [5.41, 5.74) is 0. The van der Waals surface area contributed by atoms with Gasteiger partial charge in [-0.15, -0.1) is 0 Å². The number of carbonyl (C=O) groups excluding carboxylic acids is 1. The molecule has 4 nitrogen and oxygen atoms in total. The molecule has 0 aromatic heterocycles. The van der Waals surface area contributed by atoms with Crippen LogP contribution in [0, 0.1) is 0 Å². The molecule has 0 aromatic carbocycles. The number of hydrogen-bond donors (Lipinski definition) is 1. The van der Waals surface area contributed by atoms with Gasteiger partial charge in [-0.3, -0.25) is 4.79 Å². The molecule has 1 amide bonds. The van der Waals surface area contributed by atoms with Gasteiger partial charge in [0.25, 0.3) is 0 Å². The summed E-state index contributed by atoms with van der Waals surface area (Å²) in [6.45, 7) is 6.58. The van der Waals surface area contributed by atoms with Gasteiger partial charge in [-0.05, 0) is 26.2 Å². The fourth-order valence-electron chi connectivity index (χ4n) is 2.47. The summed E-state index contributed by atoms with van der Waals surface area (Å²) >= 11 is 0. The Kier molecular flexibility index (Phi) is 7.28. The summed E-state index contributed by atoms with van der Waals surface area (Å²) in [5, 5.41) is 3.37. The Hall–Kier alpha value is -0.610. The second-order valence-electron chi connectivity index (χ2n) is 5.19. The van der Waals surface area contributed by atoms with Crippen LogP contribution in [0.4, 0.5) is 0 Å². The molecule has 0 aromatic rings. The standard InChI is InChI=1S/C14H28N2O2/c1-4-13(11-18-3)15-12(2)14(17)16-9-7-5-6-8-10-16/h12-13,15H,4-11H2,1-3H3. The van der Waals surface area contributed by atoms with Crippen molar-refractivity contribution in [1.82, 2.24) is 10.2 Å². The molecule has 1 saturated heterocycles. The number of amides is 1. The van der Waals surface area contributed by atoms with Crippen LogP contribution in [-0.2, 0) is 9.53 Å². The van der Waals surface area contributed by atoms with Crippen LogP contribution in [0.2, 0.25) is 0 Å². The van der Waals surface area contributed by atoms with E-state index in [0.29, 0.717) is 6.61 Å². The van der Waals surface area contributed by atoms with E-state index >= 15 is 0 Å². The summed E-state index contributed by atoms with van der Waals surface area (Å²) < 4.78 is 5.15. The number of ether oxygens (including phenoxy) is 1. The summed E-state index contributed by atoms with van der Waals surface area (Å²) in [4.78, 5) is 14.3. The van der Waals surface area contributed by atoms with Crippen LogP contribution in [0.1, 0.15) is 46.0 Å². The second kappa shape index (κ2) is 8.48. The predicted octanol–water partition coefficient (Wildman–Crippen LogP) is 1.79. The molecule has 0 bridgehead atoms. The van der Waals surface area contributed by atoms with Crippen LogP contribution < -0.4 is 5.32 Å². The molecule has 1 N–H and O–H groups in total. The van der Waals surface area contributed by atoms with Gasteiger partial charge >= 0.3 is 0 Å². The molecular weight excluding hydrogens is 228 g/mol. The average Bonchev–Trinajstić information content (AvgIpc) is 2.65. The summed E-state index contributed by atoms with van der Waals surface area (Å²) in [6.07, 6.45) is 5.78. The molecule has 1 aliphatic heterocycles. The number of likely N-dealkylation sites (tertiary alicyclic amines) is 1. The van der Waals surface area contributed by atoms with E-state index in [-0.39, 0.29) is 18.0 Å². The van der Waals surface area contributed by atoms with Crippen LogP contribution in [0.15, 0.2) is 0 Å². The van der Waals surface area contributed by atoms with Crippen LogP contribution in [0.25, 0.3) is 0 Å². The second-order valence-corrected chi connectivity index (χ2v) is 5.19. The monoisotopic (exact) mass is 256 g/mol. The van der Waals surface area contributed by atoms with Gasteiger partial charge in [0.1, 0.15) is 0 Å². The van der Waals surface area contributed by atoms with Gasteiger partial charge in [0.15, 0.2) is 0 Å². The Balaban J connectivity index is 2.43. The van der Waals surface area contributed by atoms with Gasteiger partial charge in [-0.1, -0.05) is 19.8 Å². The van der Waals surface area contributed by atoms with Crippen molar-refractivity contribution in [3.8, 4) is 0 Å². The predicted molar refractivity (Wildman–Crippen MR) is 73.6 cm³/mol. The number of carbonyl (C=O) groups is 1. The van der Waals surface area contributed by atoms with Crippen molar-refractivity contribution in [2.75, 3.05) is 26.8 Å². The molecule has 1 fully saturated rings. The van der Waals surface area contributed by atoms with Gasteiger partial charge in [-0.2, -0.15) is 0 Å². The van der Waals surface area contributed by atoms with Gasteiger partial charge < -0.3 is 15.0 Å². The molecule has 2 atom stereocenters. The van der Waals surface area contributed by atoms with Crippen LogP contribution in [0.5, 0.6) is 0 Å². The number of methoxy groups -OCH3 is 1. The number of nitrogens with zero attached hydrogens (tertiary/aromatic N) is 1. The van der Waals surface area contributed by atoms with E-state index in [1.807, 2.05) is 11.8 Å². The summed E-state index contributed by atoms with van der Waals surface area (Å²) in [5.74, 6) is 0.242. The zero-order chi connectivity index (χ0) is 13.4. The first-order valence-electron chi connectivity index (χ1n) is 7.22. The summed E-state index contributed by atoms with van der Waals surface area (Å²) in [7, 11) is 1.70. The Morgan fingerprint density at radius 1 is 1.28 bits per heavy atom. The van der Waals surface area contributed by atoms with E-state index < -0.39 is 0 Å². The van der Waals surface area contributed by atoms with E-state index in [2.05, 4.69) is 12.2 Å². The SMILES string of the molecule is CCC(COC)NC(C)C(=O)N1CCCCCC1. The maximum atomic E-state index is 12.3. The highest BCUT2D eigenvalue weighted by atomic mass is 16.5. The van der Waals surface area contributed by atoms with Crippen molar-refractivity contribution in [2.45, 2.75) is 58.0 Å². The van der Waals surface area contributed by atoms with Gasteiger partial charge in [0.2, 0.25) is 5.91 Å². The van der Waals surface area contributed by atoms with Gasteiger partial charge in [0, 0.05) is 26.2 Å². The summed E-state index contributed by atoms with van der Waals surface area (Å²) in [6, 6.07) is 0.157. The lowest BCUT2D eigenvalue weighted by Gasteiger charge is -2.27. The van der Waals surface area contributed by atoms with Gasteiger partial charge in [0.05, 0.1) is 12.6 Å². The number of rotatable bonds is 6. The highest BCUT2D eigenvalue weighted by Crippen LogP contribution is 2.11. The lowest BCUT2D eigenvalue weighted by Crippen LogP contribution is -2.49. The smallest absolute Gasteiger partial charge is 0.239 e. The molecule has 0 aliphatic carbocycles. The zero-order valence-corrected chi connectivity index (χ0v) is 12.1. The maximum Gasteiger partial charge on any atom is 0.239 e. The fourth-order valence-corrected chi connectivity index (χ4v) is 2.47. The van der Waals surface area contributed by atoms with Crippen molar-refractivity contribution in [3.63, 3.8) is 0 Å². The molecule has 1 heterocycles. The molecule has 0 radical (unpaired) electrons. The van der Waals surface area contributed by atoms with E-state index in [1.165, 1.54) is 12.8 Å². The molecule has 2 unspecified atom stereocenters. The molecule has 18 heavy (non-hydrogen) atoms. The molecule has 1 rings (SSSR count). The molecule has 4 heteroatoms. The van der Waals surface area contributed by atoms with Crippen molar-refractivity contribution >= 4 is 5.91 Å². The normalized spacial score (nSPS) is 20.3. The molecule has 0 spiro atoms. The Bertz CT molecular complexity index is 238. The Morgan fingerprint density at radius 2 is 1.89 bits per heavy atom. The van der Waals surface area contributed by atoms with E-state index in [1.54, 1.807) is 7.11 Å². The van der Waals surface area contributed by atoms with Crippen molar-refractivity contribution in [2.24, 2.45) is 0 Å². The van der Waals surface area contributed by atoms with Crippen molar-refractivity contribution < 1.29 is 9.53 Å². The third kappa shape index (κ3) is 4.94. The third-order valence-corrected chi connectivity index (χ3v) is 3.63. The van der Waals surface area contributed by atoms with Crippen LogP contribution in [0.3, 0.4) is 0 Å². The van der Waals surface area contributed by atoms with E-state index in [9.17, 15) is 4.79 Å². The average molecular weight is 256 g/mol. The third-order valence-electron chi connectivity index (χ3n) is 3.63. The zero-order valence-electron chi connectivity index (χ0n) is 12.1. The van der Waals surface area contributed by atoms with Crippen molar-refractivity contribution in [1.29, 1.82) is 0 Å².